The van der Waals surface area contributed by atoms with E-state index in [1.54, 1.807) is 24.3 Å². The molecule has 104 valence electrons. The number of halogens is 6. The van der Waals surface area contributed by atoms with Gasteiger partial charge in [-0.2, -0.15) is 10.3 Å². The van der Waals surface area contributed by atoms with E-state index in [4.69, 9.17) is 73.1 Å². The molecule has 1 rings (SSSR count). The van der Waals surface area contributed by atoms with Gasteiger partial charge in [-0.25, -0.2) is 4.79 Å². The van der Waals surface area contributed by atoms with Gasteiger partial charge in [0.25, 0.3) is 0 Å². The van der Waals surface area contributed by atoms with Crippen LogP contribution in [0, 0.1) is 11.3 Å². The molecule has 10 heteroatoms. The third-order valence-corrected chi connectivity index (χ3v) is 1.83. The van der Waals surface area contributed by atoms with Crippen molar-refractivity contribution in [1.29, 1.82) is 5.26 Å². The Balaban J connectivity index is 0.000000459. The zero-order valence-corrected chi connectivity index (χ0v) is 14.3. The molecule has 0 spiro atoms. The molecule has 0 saturated heterocycles. The minimum Gasteiger partial charge on any atom is -0.211 e. The van der Waals surface area contributed by atoms with Crippen molar-refractivity contribution in [3.05, 3.63) is 35.4 Å². The number of aliphatic imine (C=N–C) groups is 1. The van der Waals surface area contributed by atoms with E-state index >= 15 is 0 Å². The minimum atomic E-state index is -3.69. The zero-order chi connectivity index (χ0) is 15.1. The van der Waals surface area contributed by atoms with Crippen LogP contribution in [0.3, 0.4) is 0 Å². The first kappa shape index (κ1) is 19.3. The van der Waals surface area contributed by atoms with E-state index in [2.05, 4.69) is 4.99 Å². The maximum atomic E-state index is 9.88. The smallest absolute Gasteiger partial charge is 0.211 e. The Labute approximate surface area is 138 Å². The number of hydrogen-bond acceptors (Lipinski definition) is 3. The van der Waals surface area contributed by atoms with Crippen molar-refractivity contribution in [2.45, 2.75) is 5.50 Å². The van der Waals surface area contributed by atoms with Gasteiger partial charge in [0, 0.05) is 0 Å². The minimum absolute atomic E-state index is 0.544. The van der Waals surface area contributed by atoms with E-state index in [1.807, 2.05) is 6.07 Å². The fraction of sp³-hybridized carbons (Fsp3) is 0.111. The molecule has 0 N–H and O–H groups in total. The van der Waals surface area contributed by atoms with Gasteiger partial charge in [0.05, 0.1) is 11.6 Å². The normalized spacial score (nSPS) is 13.6. The third kappa shape index (κ3) is 13.0. The van der Waals surface area contributed by atoms with E-state index in [-0.39, 0.29) is 0 Å². The molecule has 0 radical (unpaired) electrons. The van der Waals surface area contributed by atoms with E-state index in [1.165, 1.54) is 6.08 Å². The zero-order valence-electron chi connectivity index (χ0n) is 8.90. The van der Waals surface area contributed by atoms with Crippen LogP contribution < -0.4 is 0 Å². The summed E-state index contributed by atoms with van der Waals surface area (Å²) >= 11 is 30.6. The Morgan fingerprint density at radius 1 is 1.11 bits per heavy atom. The molecule has 3 nitrogen and oxygen atoms in total. The number of carbonyl (C=O) groups excluding carboxylic acids is 1. The maximum absolute atomic E-state index is 9.88. The van der Waals surface area contributed by atoms with Crippen molar-refractivity contribution >= 4 is 77.3 Å². The van der Waals surface area contributed by atoms with Crippen LogP contribution in [0.4, 0.5) is 0 Å². The summed E-state index contributed by atoms with van der Waals surface area (Å²) in [7, 11) is 0. The van der Waals surface area contributed by atoms with E-state index in [9.17, 15) is 4.79 Å². The van der Waals surface area contributed by atoms with E-state index in [0.717, 1.165) is 0 Å². The molecule has 0 aromatic heterocycles. The second-order valence-electron chi connectivity index (χ2n) is 2.93. The molecule has 1 aromatic carbocycles. The van der Waals surface area contributed by atoms with Crippen LogP contribution in [-0.4, -0.2) is 6.08 Å². The molecule has 1 unspecified atom stereocenters. The summed E-state index contributed by atoms with van der Waals surface area (Å²) in [5, 5.41) is 8.50. The average molecular weight is 401 g/mol. The quantitative estimate of drug-likeness (QED) is 0.188. The SMILES string of the molecule is ClP(Cl)(Cl)(Cl)Cl.N#Cc1ccc(C(Cl)N=C=O)cc1. The van der Waals surface area contributed by atoms with Crippen molar-refractivity contribution in [2.24, 2.45) is 4.99 Å². The molecule has 0 aliphatic carbocycles. The average Bonchev–Trinajstić information content (AvgIpc) is 2.26. The van der Waals surface area contributed by atoms with Gasteiger partial charge in [-0.05, 0) is 17.7 Å². The molecule has 0 aliphatic heterocycles. The van der Waals surface area contributed by atoms with Crippen LogP contribution in [0.1, 0.15) is 16.6 Å². The molecule has 0 fully saturated rings. The van der Waals surface area contributed by atoms with Crippen molar-refractivity contribution in [1.82, 2.24) is 0 Å². The molecule has 19 heavy (non-hydrogen) atoms. The predicted molar refractivity (Wildman–Crippen MR) is 84.1 cm³/mol. The topological polar surface area (TPSA) is 53.2 Å². The molecular formula is C9H5Cl6N2OP. The number of rotatable bonds is 2. The number of nitriles is 1. The fourth-order valence-corrected chi connectivity index (χ4v) is 1.02. The van der Waals surface area contributed by atoms with Crippen LogP contribution in [0.5, 0.6) is 0 Å². The molecule has 1 aromatic rings. The second kappa shape index (κ2) is 7.89. The number of alkyl halides is 1. The van der Waals surface area contributed by atoms with Crippen LogP contribution in [0.25, 0.3) is 0 Å². The summed E-state index contributed by atoms with van der Waals surface area (Å²) in [5.74, 6) is 0. The number of nitrogens with zero attached hydrogens (tertiary/aromatic N) is 2. The second-order valence-corrected chi connectivity index (χ2v) is 20.0. The molecule has 0 saturated carbocycles. The molecule has 0 heterocycles. The molecule has 0 bridgehead atoms. The van der Waals surface area contributed by atoms with Gasteiger partial charge in [-0.1, -0.05) is 23.7 Å². The first-order valence-electron chi connectivity index (χ1n) is 4.33. The first-order chi connectivity index (χ1) is 8.51. The Morgan fingerprint density at radius 2 is 1.53 bits per heavy atom. The number of isocyanates is 1. The summed E-state index contributed by atoms with van der Waals surface area (Å²) < 4.78 is -3.69. The molecule has 1 atom stereocenters. The van der Waals surface area contributed by atoms with Gasteiger partial charge in [0.15, 0.2) is 5.50 Å². The predicted octanol–water partition coefficient (Wildman–Crippen LogP) is 6.44. The Kier molecular flexibility index (Phi) is 8.00. The molecule has 0 amide bonds. The van der Waals surface area contributed by atoms with Crippen molar-refractivity contribution in [3.8, 4) is 6.07 Å². The standard InChI is InChI=1S/C9H5ClN2O.Cl5P/c10-9(12-6-13)8-3-1-7(5-11)2-4-8;1-6(2,3,4)5/h1-4,9H;. The van der Waals surface area contributed by atoms with Crippen LogP contribution in [-0.2, 0) is 4.79 Å². The largest absolute Gasteiger partial charge is 0.236 e. The molecule has 0 aliphatic rings. The van der Waals surface area contributed by atoms with Gasteiger partial charge in [0.1, 0.15) is 0 Å². The summed E-state index contributed by atoms with van der Waals surface area (Å²) in [6.07, 6.45) is 1.37. The maximum Gasteiger partial charge on any atom is 0.236 e. The monoisotopic (exact) mass is 398 g/mol. The Hall–Kier alpha value is 0.260. The summed E-state index contributed by atoms with van der Waals surface area (Å²) in [4.78, 5) is 13.2. The summed E-state index contributed by atoms with van der Waals surface area (Å²) in [6.45, 7) is 0. The third-order valence-electron chi connectivity index (χ3n) is 1.48. The van der Waals surface area contributed by atoms with E-state index < -0.39 is 8.87 Å². The van der Waals surface area contributed by atoms with Gasteiger partial charge in [-0.15, -0.1) is 0 Å². The number of benzene rings is 1. The summed E-state index contributed by atoms with van der Waals surface area (Å²) in [5.41, 5.74) is 0.497. The van der Waals surface area contributed by atoms with Crippen LogP contribution >= 0.6 is 71.2 Å². The van der Waals surface area contributed by atoms with Gasteiger partial charge < -0.3 is 0 Å². The van der Waals surface area contributed by atoms with Gasteiger partial charge in [-0.3, -0.25) is 0 Å². The van der Waals surface area contributed by atoms with Gasteiger partial charge in [0.2, 0.25) is 6.08 Å². The van der Waals surface area contributed by atoms with Crippen LogP contribution in [0.2, 0.25) is 0 Å². The van der Waals surface area contributed by atoms with Crippen molar-refractivity contribution < 1.29 is 4.79 Å². The van der Waals surface area contributed by atoms with Crippen LogP contribution in [0.15, 0.2) is 29.3 Å². The molecular weight excluding hydrogens is 396 g/mol. The summed E-state index contributed by atoms with van der Waals surface area (Å²) in [6, 6.07) is 8.51. The first-order valence-corrected chi connectivity index (χ1v) is 11.5. The fourth-order valence-electron chi connectivity index (χ4n) is 0.837. The van der Waals surface area contributed by atoms with Crippen molar-refractivity contribution in [3.63, 3.8) is 0 Å². The Bertz CT molecular complexity index is 495. The van der Waals surface area contributed by atoms with Gasteiger partial charge >= 0.3 is 59.6 Å². The number of hydrogen-bond donors (Lipinski definition) is 0. The Morgan fingerprint density at radius 3 is 1.84 bits per heavy atom. The van der Waals surface area contributed by atoms with Crippen molar-refractivity contribution in [2.75, 3.05) is 0 Å². The van der Waals surface area contributed by atoms with E-state index in [0.29, 0.717) is 11.1 Å².